The molecular formula is C17H34N2. The van der Waals surface area contributed by atoms with Gasteiger partial charge in [-0.05, 0) is 43.6 Å². The fraction of sp³-hybridized carbons (Fsp3) is 1.00. The third kappa shape index (κ3) is 4.46. The Hall–Kier alpha value is -0.0800. The highest BCUT2D eigenvalue weighted by atomic mass is 15.2. The number of piperazine rings is 1. The monoisotopic (exact) mass is 266 g/mol. The van der Waals surface area contributed by atoms with Gasteiger partial charge in [0.2, 0.25) is 0 Å². The van der Waals surface area contributed by atoms with Gasteiger partial charge in [0.15, 0.2) is 0 Å². The molecule has 2 rings (SSSR count). The van der Waals surface area contributed by atoms with E-state index in [1.165, 1.54) is 58.4 Å². The number of likely N-dealkylation sites (N-methyl/N-ethyl adjacent to an activating group) is 1. The zero-order valence-electron chi connectivity index (χ0n) is 13.6. The Morgan fingerprint density at radius 2 is 1.68 bits per heavy atom. The molecule has 19 heavy (non-hydrogen) atoms. The molecular weight excluding hydrogens is 232 g/mol. The molecule has 1 aliphatic carbocycles. The number of nitrogens with zero attached hydrogens (tertiary/aromatic N) is 2. The van der Waals surface area contributed by atoms with Gasteiger partial charge in [-0.2, -0.15) is 0 Å². The van der Waals surface area contributed by atoms with E-state index in [1.54, 1.807) is 0 Å². The quantitative estimate of drug-likeness (QED) is 0.770. The number of rotatable bonds is 4. The van der Waals surface area contributed by atoms with E-state index in [0.717, 1.165) is 23.7 Å². The van der Waals surface area contributed by atoms with Crippen LogP contribution in [0.4, 0.5) is 0 Å². The average Bonchev–Trinajstić information content (AvgIpc) is 2.41. The van der Waals surface area contributed by atoms with Gasteiger partial charge >= 0.3 is 0 Å². The minimum atomic E-state index is 0.854. The number of hydrogen-bond acceptors (Lipinski definition) is 2. The van der Waals surface area contributed by atoms with Crippen molar-refractivity contribution in [3.8, 4) is 0 Å². The molecule has 0 radical (unpaired) electrons. The van der Waals surface area contributed by atoms with Crippen molar-refractivity contribution >= 4 is 0 Å². The second kappa shape index (κ2) is 7.08. The summed E-state index contributed by atoms with van der Waals surface area (Å²) in [6, 6.07) is 0. The lowest BCUT2D eigenvalue weighted by Gasteiger charge is -2.39. The first kappa shape index (κ1) is 15.3. The minimum Gasteiger partial charge on any atom is -0.304 e. The van der Waals surface area contributed by atoms with Crippen LogP contribution in [-0.2, 0) is 0 Å². The molecule has 1 saturated carbocycles. The van der Waals surface area contributed by atoms with Gasteiger partial charge in [-0.15, -0.1) is 0 Å². The van der Waals surface area contributed by atoms with Crippen LogP contribution in [0.15, 0.2) is 0 Å². The maximum absolute atomic E-state index is 2.72. The molecule has 0 aromatic carbocycles. The second-order valence-electron chi connectivity index (χ2n) is 7.50. The van der Waals surface area contributed by atoms with Gasteiger partial charge in [0.1, 0.15) is 0 Å². The maximum Gasteiger partial charge on any atom is 0.0110 e. The third-order valence-corrected chi connectivity index (χ3v) is 5.73. The van der Waals surface area contributed by atoms with E-state index in [2.05, 4.69) is 37.6 Å². The van der Waals surface area contributed by atoms with Crippen molar-refractivity contribution < 1.29 is 0 Å². The molecule has 0 amide bonds. The van der Waals surface area contributed by atoms with Gasteiger partial charge in [0.25, 0.3) is 0 Å². The van der Waals surface area contributed by atoms with Crippen molar-refractivity contribution in [2.24, 2.45) is 23.7 Å². The predicted molar refractivity (Wildman–Crippen MR) is 83.4 cm³/mol. The summed E-state index contributed by atoms with van der Waals surface area (Å²) in [5.74, 6) is 3.73. The highest BCUT2D eigenvalue weighted by Crippen LogP contribution is 2.37. The summed E-state index contributed by atoms with van der Waals surface area (Å²) in [7, 11) is 2.25. The van der Waals surface area contributed by atoms with E-state index in [1.807, 2.05) is 0 Å². The molecule has 2 nitrogen and oxygen atoms in total. The van der Waals surface area contributed by atoms with E-state index < -0.39 is 0 Å². The van der Waals surface area contributed by atoms with Gasteiger partial charge in [0, 0.05) is 32.7 Å². The Kier molecular flexibility index (Phi) is 5.70. The average molecular weight is 266 g/mol. The number of hydrogen-bond donors (Lipinski definition) is 0. The second-order valence-corrected chi connectivity index (χ2v) is 7.50. The highest BCUT2D eigenvalue weighted by Gasteiger charge is 2.29. The minimum absolute atomic E-state index is 0.854. The normalized spacial score (nSPS) is 32.7. The lowest BCUT2D eigenvalue weighted by Crippen LogP contribution is -2.46. The van der Waals surface area contributed by atoms with Crippen LogP contribution >= 0.6 is 0 Å². The SMILES string of the molecule is CC(C)[C@H](C)[C@@H]1CCCC(CN2CCN(C)CC2)C1. The Morgan fingerprint density at radius 3 is 2.32 bits per heavy atom. The molecule has 1 aliphatic heterocycles. The maximum atomic E-state index is 2.72. The summed E-state index contributed by atoms with van der Waals surface area (Å²) in [5.41, 5.74) is 0. The molecule has 112 valence electrons. The van der Waals surface area contributed by atoms with Crippen LogP contribution in [-0.4, -0.2) is 49.6 Å². The lowest BCUT2D eigenvalue weighted by molar-refractivity contribution is 0.100. The highest BCUT2D eigenvalue weighted by molar-refractivity contribution is 4.81. The standard InChI is InChI=1S/C17H34N2/c1-14(2)15(3)17-7-5-6-16(12-17)13-19-10-8-18(4)9-11-19/h14-17H,5-13H2,1-4H3/t15-,16?,17+/m0/s1. The summed E-state index contributed by atoms with van der Waals surface area (Å²) < 4.78 is 0. The molecule has 0 aromatic heterocycles. The molecule has 3 atom stereocenters. The van der Waals surface area contributed by atoms with E-state index in [9.17, 15) is 0 Å². The van der Waals surface area contributed by atoms with E-state index in [4.69, 9.17) is 0 Å². The van der Waals surface area contributed by atoms with Gasteiger partial charge in [-0.3, -0.25) is 0 Å². The van der Waals surface area contributed by atoms with E-state index in [-0.39, 0.29) is 0 Å². The zero-order valence-corrected chi connectivity index (χ0v) is 13.6. The molecule has 2 aliphatic rings. The van der Waals surface area contributed by atoms with Crippen LogP contribution in [0.2, 0.25) is 0 Å². The Balaban J connectivity index is 1.77. The summed E-state index contributed by atoms with van der Waals surface area (Å²) >= 11 is 0. The van der Waals surface area contributed by atoms with Crippen LogP contribution in [0.5, 0.6) is 0 Å². The van der Waals surface area contributed by atoms with Gasteiger partial charge in [-0.1, -0.05) is 33.6 Å². The fourth-order valence-electron chi connectivity index (χ4n) is 3.92. The molecule has 2 fully saturated rings. The van der Waals surface area contributed by atoms with Crippen molar-refractivity contribution in [1.82, 2.24) is 9.80 Å². The van der Waals surface area contributed by atoms with Crippen LogP contribution in [0.3, 0.4) is 0 Å². The van der Waals surface area contributed by atoms with Gasteiger partial charge in [0.05, 0.1) is 0 Å². The first-order valence-electron chi connectivity index (χ1n) is 8.47. The Morgan fingerprint density at radius 1 is 1.00 bits per heavy atom. The van der Waals surface area contributed by atoms with Crippen molar-refractivity contribution in [2.75, 3.05) is 39.8 Å². The summed E-state index contributed by atoms with van der Waals surface area (Å²) in [6.07, 6.45) is 5.93. The van der Waals surface area contributed by atoms with E-state index >= 15 is 0 Å². The Bertz CT molecular complexity index is 256. The molecule has 0 N–H and O–H groups in total. The molecule has 1 heterocycles. The van der Waals surface area contributed by atoms with Crippen molar-refractivity contribution in [3.05, 3.63) is 0 Å². The lowest BCUT2D eigenvalue weighted by atomic mass is 9.72. The molecule has 0 spiro atoms. The fourth-order valence-corrected chi connectivity index (χ4v) is 3.92. The topological polar surface area (TPSA) is 6.48 Å². The summed E-state index contributed by atoms with van der Waals surface area (Å²) in [4.78, 5) is 5.17. The summed E-state index contributed by atoms with van der Waals surface area (Å²) in [5, 5.41) is 0. The third-order valence-electron chi connectivity index (χ3n) is 5.73. The first-order chi connectivity index (χ1) is 9.06. The van der Waals surface area contributed by atoms with Crippen LogP contribution in [0, 0.1) is 23.7 Å². The first-order valence-corrected chi connectivity index (χ1v) is 8.47. The van der Waals surface area contributed by atoms with Crippen LogP contribution in [0.25, 0.3) is 0 Å². The molecule has 0 aromatic rings. The van der Waals surface area contributed by atoms with Gasteiger partial charge in [-0.25, -0.2) is 0 Å². The van der Waals surface area contributed by atoms with E-state index in [0.29, 0.717) is 0 Å². The zero-order chi connectivity index (χ0) is 13.8. The summed E-state index contributed by atoms with van der Waals surface area (Å²) in [6.45, 7) is 13.7. The molecule has 1 saturated heterocycles. The van der Waals surface area contributed by atoms with Crippen LogP contribution in [0.1, 0.15) is 46.5 Å². The molecule has 1 unspecified atom stereocenters. The van der Waals surface area contributed by atoms with Crippen LogP contribution < -0.4 is 0 Å². The van der Waals surface area contributed by atoms with Crippen molar-refractivity contribution in [3.63, 3.8) is 0 Å². The molecule has 0 bridgehead atoms. The van der Waals surface area contributed by atoms with Crippen molar-refractivity contribution in [2.45, 2.75) is 46.5 Å². The predicted octanol–water partition coefficient (Wildman–Crippen LogP) is 3.33. The van der Waals surface area contributed by atoms with Gasteiger partial charge < -0.3 is 9.80 Å². The molecule has 2 heteroatoms. The van der Waals surface area contributed by atoms with Crippen molar-refractivity contribution in [1.29, 1.82) is 0 Å². The largest absolute Gasteiger partial charge is 0.304 e. The Labute approximate surface area is 120 Å². The smallest absolute Gasteiger partial charge is 0.0110 e.